The Kier molecular flexibility index (Phi) is 10.7. The summed E-state index contributed by atoms with van der Waals surface area (Å²) in [7, 11) is 0. The van der Waals surface area contributed by atoms with Gasteiger partial charge in [0.15, 0.2) is 0 Å². The topological polar surface area (TPSA) is 77.2 Å². The third-order valence-electron chi connectivity index (χ3n) is 8.13. The molecule has 47 heavy (non-hydrogen) atoms. The van der Waals surface area contributed by atoms with Crippen molar-refractivity contribution in [3.63, 3.8) is 0 Å². The predicted octanol–water partition coefficient (Wildman–Crippen LogP) is 5.36. The lowest BCUT2D eigenvalue weighted by Crippen LogP contribution is -2.46. The number of halogens is 6. The number of piperazine rings is 1. The van der Waals surface area contributed by atoms with E-state index in [9.17, 15) is 35.9 Å². The van der Waals surface area contributed by atoms with Gasteiger partial charge in [0.1, 0.15) is 0 Å². The van der Waals surface area contributed by atoms with Gasteiger partial charge in [-0.15, -0.1) is 0 Å². The zero-order valence-corrected chi connectivity index (χ0v) is 25.5. The highest BCUT2D eigenvalue weighted by atomic mass is 19.4. The summed E-state index contributed by atoms with van der Waals surface area (Å²) in [5.74, 6) is -1.60. The number of benzene rings is 3. The lowest BCUT2D eigenvalue weighted by atomic mass is 10.0. The fourth-order valence-corrected chi connectivity index (χ4v) is 5.60. The summed E-state index contributed by atoms with van der Waals surface area (Å²) < 4.78 is 85.7. The molecule has 252 valence electrons. The van der Waals surface area contributed by atoms with E-state index in [1.165, 1.54) is 17.7 Å². The summed E-state index contributed by atoms with van der Waals surface area (Å²) in [6, 6.07) is 15.2. The van der Waals surface area contributed by atoms with Crippen molar-refractivity contribution in [2.75, 3.05) is 75.8 Å². The molecule has 0 saturated carbocycles. The van der Waals surface area contributed by atoms with Gasteiger partial charge >= 0.3 is 12.4 Å². The summed E-state index contributed by atoms with van der Waals surface area (Å²) in [5.41, 5.74) is -1.96. The van der Waals surface area contributed by atoms with Crippen LogP contribution >= 0.6 is 0 Å². The number of ether oxygens (including phenoxy) is 1. The molecule has 0 atom stereocenters. The van der Waals surface area contributed by atoms with E-state index in [2.05, 4.69) is 32.6 Å². The van der Waals surface area contributed by atoms with Gasteiger partial charge in [-0.05, 0) is 42.0 Å². The van der Waals surface area contributed by atoms with Gasteiger partial charge in [0, 0.05) is 75.8 Å². The minimum Gasteiger partial charge on any atom is -0.379 e. The molecule has 2 saturated heterocycles. The summed E-state index contributed by atoms with van der Waals surface area (Å²) in [6.07, 6.45) is -10.2. The van der Waals surface area contributed by atoms with Crippen molar-refractivity contribution >= 4 is 23.2 Å². The van der Waals surface area contributed by atoms with Gasteiger partial charge in [-0.2, -0.15) is 26.3 Å². The van der Waals surface area contributed by atoms with Gasteiger partial charge in [-0.1, -0.05) is 30.3 Å². The van der Waals surface area contributed by atoms with Crippen LogP contribution in [0, 0.1) is 0 Å². The number of anilines is 2. The second-order valence-electron chi connectivity index (χ2n) is 11.4. The maximum Gasteiger partial charge on any atom is 0.416 e. The molecule has 3 aromatic rings. The van der Waals surface area contributed by atoms with E-state index in [4.69, 9.17) is 4.74 Å². The highest BCUT2D eigenvalue weighted by Crippen LogP contribution is 2.36. The minimum absolute atomic E-state index is 0.0372. The van der Waals surface area contributed by atoms with E-state index in [0.29, 0.717) is 57.2 Å². The van der Waals surface area contributed by atoms with Crippen LogP contribution < -0.4 is 15.5 Å². The first kappa shape index (κ1) is 34.2. The van der Waals surface area contributed by atoms with Crippen LogP contribution in [0.25, 0.3) is 0 Å². The van der Waals surface area contributed by atoms with Crippen LogP contribution in [-0.2, 0) is 23.6 Å². The zero-order chi connectivity index (χ0) is 33.6. The lowest BCUT2D eigenvalue weighted by Gasteiger charge is -2.37. The van der Waals surface area contributed by atoms with Crippen LogP contribution in [0.4, 0.5) is 37.7 Å². The fraction of sp³-hybridized carbons (Fsp3) is 0.394. The number of nitrogens with one attached hydrogen (secondary N) is 2. The van der Waals surface area contributed by atoms with Crippen LogP contribution in [0.3, 0.4) is 0 Å². The molecule has 2 fully saturated rings. The Morgan fingerprint density at radius 1 is 0.723 bits per heavy atom. The highest BCUT2D eigenvalue weighted by Gasteiger charge is 2.37. The molecule has 2 heterocycles. The van der Waals surface area contributed by atoms with E-state index in [1.807, 2.05) is 23.1 Å². The van der Waals surface area contributed by atoms with Crippen LogP contribution in [0.2, 0.25) is 0 Å². The molecule has 2 amide bonds. The Balaban J connectivity index is 1.35. The molecule has 2 N–H and O–H groups in total. The smallest absolute Gasteiger partial charge is 0.379 e. The second-order valence-corrected chi connectivity index (χ2v) is 11.4. The highest BCUT2D eigenvalue weighted by molar-refractivity contribution is 6.06. The summed E-state index contributed by atoms with van der Waals surface area (Å²) in [6.45, 7) is 7.06. The molecule has 0 bridgehead atoms. The average molecular weight is 664 g/mol. The molecule has 0 aromatic heterocycles. The molecular weight excluding hydrogens is 628 g/mol. The number of carbonyl (C=O) groups excluding carboxylic acids is 2. The third kappa shape index (κ3) is 9.24. The minimum atomic E-state index is -5.10. The van der Waals surface area contributed by atoms with Crippen molar-refractivity contribution in [1.82, 2.24) is 15.1 Å². The summed E-state index contributed by atoms with van der Waals surface area (Å²) >= 11 is 0. The quantitative estimate of drug-likeness (QED) is 0.301. The average Bonchev–Trinajstić information content (AvgIpc) is 3.05. The second kappa shape index (κ2) is 14.7. The molecule has 2 aliphatic heterocycles. The fourth-order valence-electron chi connectivity index (χ4n) is 5.60. The lowest BCUT2D eigenvalue weighted by molar-refractivity contribution is -0.143. The first-order valence-electron chi connectivity index (χ1n) is 15.2. The Labute approximate surface area is 268 Å². The van der Waals surface area contributed by atoms with E-state index in [0.717, 1.165) is 32.7 Å². The molecule has 0 spiro atoms. The van der Waals surface area contributed by atoms with Crippen LogP contribution in [-0.4, -0.2) is 87.2 Å². The predicted molar refractivity (Wildman–Crippen MR) is 164 cm³/mol. The Morgan fingerprint density at radius 3 is 1.98 bits per heavy atom. The Morgan fingerprint density at radius 2 is 1.36 bits per heavy atom. The number of nitrogens with zero attached hydrogens (tertiary/aromatic N) is 3. The maximum atomic E-state index is 13.5. The van der Waals surface area contributed by atoms with Crippen molar-refractivity contribution in [3.05, 3.63) is 94.5 Å². The zero-order valence-electron chi connectivity index (χ0n) is 25.5. The molecule has 2 aliphatic rings. The van der Waals surface area contributed by atoms with Crippen molar-refractivity contribution in [2.45, 2.75) is 18.9 Å². The monoisotopic (exact) mass is 663 g/mol. The van der Waals surface area contributed by atoms with Gasteiger partial charge in [0.05, 0.1) is 29.9 Å². The summed E-state index contributed by atoms with van der Waals surface area (Å²) in [4.78, 5) is 33.0. The summed E-state index contributed by atoms with van der Waals surface area (Å²) in [5, 5.41) is 5.29. The first-order valence-corrected chi connectivity index (χ1v) is 15.2. The van der Waals surface area contributed by atoms with Crippen LogP contribution in [0.15, 0.2) is 66.7 Å². The molecule has 14 heteroatoms. The van der Waals surface area contributed by atoms with E-state index >= 15 is 0 Å². The molecule has 0 aliphatic carbocycles. The molecule has 8 nitrogen and oxygen atoms in total. The molecule has 0 unspecified atom stereocenters. The Hall–Kier alpha value is -4.14. The molecule has 3 aromatic carbocycles. The number of morpholine rings is 1. The first-order chi connectivity index (χ1) is 22.4. The van der Waals surface area contributed by atoms with Gasteiger partial charge in [-0.3, -0.25) is 19.4 Å². The van der Waals surface area contributed by atoms with E-state index in [-0.39, 0.29) is 17.3 Å². The van der Waals surface area contributed by atoms with E-state index in [1.54, 1.807) is 6.07 Å². The Bertz CT molecular complexity index is 1500. The van der Waals surface area contributed by atoms with Crippen molar-refractivity contribution in [3.8, 4) is 0 Å². The number of carbonyl (C=O) groups is 2. The standard InChI is InChI=1S/C33H35F6N5O3/c34-32(35,36)25-18-24(19-26(20-25)33(37,38)39)30(45)41-27-6-7-29(28(21-27)31(46)40-8-9-42-14-16-47-17-15-42)44-12-10-43(11-13-44)22-23-4-2-1-3-5-23/h1-7,18-21H,8-17,22H2,(H,40,46)(H,41,45). The SMILES string of the molecule is O=C(Nc1ccc(N2CCN(Cc3ccccc3)CC2)c(C(=O)NCCN2CCOCC2)c1)c1cc(C(F)(F)F)cc(C(F)(F)F)c1. The van der Waals surface area contributed by atoms with Crippen LogP contribution in [0.1, 0.15) is 37.4 Å². The number of amides is 2. The number of alkyl halides is 6. The van der Waals surface area contributed by atoms with Crippen molar-refractivity contribution in [2.24, 2.45) is 0 Å². The van der Waals surface area contributed by atoms with Crippen molar-refractivity contribution in [1.29, 1.82) is 0 Å². The number of rotatable bonds is 9. The molecular formula is C33H35F6N5O3. The normalized spacial score (nSPS) is 16.6. The molecule has 5 rings (SSSR count). The van der Waals surface area contributed by atoms with Gasteiger partial charge in [0.25, 0.3) is 11.8 Å². The number of hydrogen-bond donors (Lipinski definition) is 2. The van der Waals surface area contributed by atoms with Gasteiger partial charge in [-0.25, -0.2) is 0 Å². The third-order valence-corrected chi connectivity index (χ3v) is 8.13. The van der Waals surface area contributed by atoms with Gasteiger partial charge in [0.2, 0.25) is 0 Å². The van der Waals surface area contributed by atoms with Crippen molar-refractivity contribution < 1.29 is 40.7 Å². The van der Waals surface area contributed by atoms with E-state index < -0.39 is 40.9 Å². The number of hydrogen-bond acceptors (Lipinski definition) is 6. The maximum absolute atomic E-state index is 13.5. The molecule has 0 radical (unpaired) electrons. The van der Waals surface area contributed by atoms with Crippen LogP contribution in [0.5, 0.6) is 0 Å². The van der Waals surface area contributed by atoms with Gasteiger partial charge < -0.3 is 20.3 Å². The largest absolute Gasteiger partial charge is 0.416 e.